The fraction of sp³-hybridized carbons (Fsp3) is 0.333. The Labute approximate surface area is 94.1 Å². The van der Waals surface area contributed by atoms with Crippen molar-refractivity contribution in [3.05, 3.63) is 35.9 Å². The Morgan fingerprint density at radius 1 is 1.40 bits per heavy atom. The molecule has 0 aromatic heterocycles. The zero-order valence-corrected chi connectivity index (χ0v) is 9.50. The van der Waals surface area contributed by atoms with E-state index in [2.05, 4.69) is 0 Å². The van der Waals surface area contributed by atoms with E-state index < -0.39 is 0 Å². The molecule has 2 nitrogen and oxygen atoms in total. The molecule has 3 heteroatoms. The highest BCUT2D eigenvalue weighted by molar-refractivity contribution is 8.13. The number of rotatable bonds is 5. The maximum absolute atomic E-state index is 10.9. The molecular weight excluding hydrogens is 208 g/mol. The van der Waals surface area contributed by atoms with Gasteiger partial charge in [-0.3, -0.25) is 4.79 Å². The molecule has 1 rings (SSSR count). The number of carbonyl (C=O) groups is 2. The average molecular weight is 222 g/mol. The van der Waals surface area contributed by atoms with Gasteiger partial charge in [0.15, 0.2) is 5.12 Å². The molecule has 0 aliphatic heterocycles. The van der Waals surface area contributed by atoms with Crippen molar-refractivity contribution in [2.45, 2.75) is 19.3 Å². The summed E-state index contributed by atoms with van der Waals surface area (Å²) in [7, 11) is 0. The molecule has 1 aromatic carbocycles. The van der Waals surface area contributed by atoms with E-state index >= 15 is 0 Å². The monoisotopic (exact) mass is 222 g/mol. The van der Waals surface area contributed by atoms with Gasteiger partial charge in [-0.1, -0.05) is 42.1 Å². The lowest BCUT2D eigenvalue weighted by Crippen LogP contribution is -2.04. The zero-order valence-electron chi connectivity index (χ0n) is 8.68. The Morgan fingerprint density at radius 3 is 2.60 bits per heavy atom. The summed E-state index contributed by atoms with van der Waals surface area (Å²) in [6.45, 7) is 1.55. The Bertz CT molecular complexity index is 322. The van der Waals surface area contributed by atoms with Gasteiger partial charge in [0.25, 0.3) is 0 Å². The molecular formula is C12H14O2S. The topological polar surface area (TPSA) is 34.1 Å². The van der Waals surface area contributed by atoms with E-state index in [1.807, 2.05) is 30.3 Å². The second kappa shape index (κ2) is 6.40. The molecule has 0 aliphatic carbocycles. The number of carbonyl (C=O) groups excluding carboxylic acids is 2. The molecule has 0 N–H and O–H groups in total. The predicted octanol–water partition coefficient (Wildman–Crippen LogP) is 2.64. The summed E-state index contributed by atoms with van der Waals surface area (Å²) in [5.74, 6) is 0.829. The molecule has 0 saturated heterocycles. The molecule has 0 radical (unpaired) electrons. The van der Waals surface area contributed by atoms with E-state index in [9.17, 15) is 9.59 Å². The van der Waals surface area contributed by atoms with E-state index in [-0.39, 0.29) is 11.0 Å². The zero-order chi connectivity index (χ0) is 11.1. The Balaban J connectivity index is 2.65. The van der Waals surface area contributed by atoms with Crippen LogP contribution in [0.1, 0.15) is 24.8 Å². The van der Waals surface area contributed by atoms with Crippen LogP contribution in [-0.4, -0.2) is 17.2 Å². The van der Waals surface area contributed by atoms with Gasteiger partial charge < -0.3 is 4.79 Å². The van der Waals surface area contributed by atoms with Gasteiger partial charge in [-0.25, -0.2) is 0 Å². The quantitative estimate of drug-likeness (QED) is 0.718. The lowest BCUT2D eigenvalue weighted by atomic mass is 9.99. The van der Waals surface area contributed by atoms with Crippen LogP contribution in [0.2, 0.25) is 0 Å². The van der Waals surface area contributed by atoms with Crippen LogP contribution in [-0.2, 0) is 9.59 Å². The van der Waals surface area contributed by atoms with Crippen LogP contribution in [0.5, 0.6) is 0 Å². The summed E-state index contributed by atoms with van der Waals surface area (Å²) >= 11 is 1.28. The highest BCUT2D eigenvalue weighted by Crippen LogP contribution is 2.23. The van der Waals surface area contributed by atoms with Crippen LogP contribution in [0.25, 0.3) is 0 Å². The van der Waals surface area contributed by atoms with E-state index in [0.717, 1.165) is 11.8 Å². The smallest absolute Gasteiger partial charge is 0.185 e. The van der Waals surface area contributed by atoms with Crippen molar-refractivity contribution in [2.75, 3.05) is 5.75 Å². The summed E-state index contributed by atoms with van der Waals surface area (Å²) in [6.07, 6.45) is 1.39. The van der Waals surface area contributed by atoms with Crippen molar-refractivity contribution in [1.82, 2.24) is 0 Å². The fourth-order valence-electron chi connectivity index (χ4n) is 1.36. The van der Waals surface area contributed by atoms with Crippen LogP contribution in [0, 0.1) is 0 Å². The Hall–Kier alpha value is -1.09. The molecule has 1 atom stereocenters. The third-order valence-corrected chi connectivity index (χ3v) is 3.12. The fourth-order valence-corrected chi connectivity index (χ4v) is 2.12. The SMILES string of the molecule is CC(=O)SCC(CC=O)c1ccccc1. The molecule has 1 aromatic rings. The Morgan fingerprint density at radius 2 is 2.07 bits per heavy atom. The molecule has 1 unspecified atom stereocenters. The number of thioether (sulfide) groups is 1. The van der Waals surface area contributed by atoms with Gasteiger partial charge in [0.1, 0.15) is 6.29 Å². The molecule has 0 spiro atoms. The van der Waals surface area contributed by atoms with Crippen LogP contribution >= 0.6 is 11.8 Å². The summed E-state index contributed by atoms with van der Waals surface area (Å²) < 4.78 is 0. The number of hydrogen-bond acceptors (Lipinski definition) is 3. The molecule has 0 bridgehead atoms. The first-order chi connectivity index (χ1) is 7.24. The third kappa shape index (κ3) is 4.30. The number of hydrogen-bond donors (Lipinski definition) is 0. The summed E-state index contributed by atoms with van der Waals surface area (Å²) in [6, 6.07) is 9.83. The summed E-state index contributed by atoms with van der Waals surface area (Å²) in [5.41, 5.74) is 1.12. The summed E-state index contributed by atoms with van der Waals surface area (Å²) in [4.78, 5) is 21.4. The molecule has 15 heavy (non-hydrogen) atoms. The minimum atomic E-state index is 0.0989. The Kier molecular flexibility index (Phi) is 5.12. The molecule has 0 aliphatic rings. The average Bonchev–Trinajstić information content (AvgIpc) is 2.25. The molecule has 0 heterocycles. The largest absolute Gasteiger partial charge is 0.303 e. The van der Waals surface area contributed by atoms with Crippen molar-refractivity contribution in [2.24, 2.45) is 0 Å². The molecule has 0 amide bonds. The van der Waals surface area contributed by atoms with Gasteiger partial charge in [-0.15, -0.1) is 0 Å². The van der Waals surface area contributed by atoms with E-state index in [1.54, 1.807) is 6.92 Å². The first kappa shape index (κ1) is 12.0. The van der Waals surface area contributed by atoms with E-state index in [0.29, 0.717) is 12.2 Å². The minimum Gasteiger partial charge on any atom is -0.303 e. The number of benzene rings is 1. The van der Waals surface area contributed by atoms with E-state index in [4.69, 9.17) is 0 Å². The van der Waals surface area contributed by atoms with Crippen LogP contribution < -0.4 is 0 Å². The van der Waals surface area contributed by atoms with Crippen LogP contribution in [0.3, 0.4) is 0 Å². The first-order valence-electron chi connectivity index (χ1n) is 4.86. The predicted molar refractivity (Wildman–Crippen MR) is 63.0 cm³/mol. The maximum atomic E-state index is 10.9. The highest BCUT2D eigenvalue weighted by atomic mass is 32.2. The van der Waals surface area contributed by atoms with Gasteiger partial charge in [0.2, 0.25) is 0 Å². The summed E-state index contributed by atoms with van der Waals surface area (Å²) in [5, 5.41) is 0.0989. The first-order valence-corrected chi connectivity index (χ1v) is 5.84. The molecule has 0 saturated carbocycles. The number of aldehydes is 1. The van der Waals surface area contributed by atoms with Gasteiger partial charge in [-0.05, 0) is 11.5 Å². The van der Waals surface area contributed by atoms with Crippen molar-refractivity contribution < 1.29 is 9.59 Å². The van der Waals surface area contributed by atoms with Gasteiger partial charge >= 0.3 is 0 Å². The van der Waals surface area contributed by atoms with Crippen LogP contribution in [0.15, 0.2) is 30.3 Å². The van der Waals surface area contributed by atoms with E-state index in [1.165, 1.54) is 11.8 Å². The lowest BCUT2D eigenvalue weighted by Gasteiger charge is -2.12. The molecule has 80 valence electrons. The van der Waals surface area contributed by atoms with Crippen molar-refractivity contribution in [3.63, 3.8) is 0 Å². The second-order valence-corrected chi connectivity index (χ2v) is 4.51. The van der Waals surface area contributed by atoms with Crippen molar-refractivity contribution in [3.8, 4) is 0 Å². The normalized spacial score (nSPS) is 12.1. The third-order valence-electron chi connectivity index (χ3n) is 2.14. The highest BCUT2D eigenvalue weighted by Gasteiger charge is 2.11. The maximum Gasteiger partial charge on any atom is 0.185 e. The van der Waals surface area contributed by atoms with Crippen molar-refractivity contribution in [1.29, 1.82) is 0 Å². The van der Waals surface area contributed by atoms with Gasteiger partial charge in [0.05, 0.1) is 0 Å². The van der Waals surface area contributed by atoms with Crippen LogP contribution in [0.4, 0.5) is 0 Å². The van der Waals surface area contributed by atoms with Gasteiger partial charge in [-0.2, -0.15) is 0 Å². The molecule has 0 fully saturated rings. The van der Waals surface area contributed by atoms with Crippen molar-refractivity contribution >= 4 is 23.2 Å². The second-order valence-electron chi connectivity index (χ2n) is 3.31. The minimum absolute atomic E-state index is 0.0989. The lowest BCUT2D eigenvalue weighted by molar-refractivity contribution is -0.109. The standard InChI is InChI=1S/C12H14O2S/c1-10(14)15-9-12(7-8-13)11-5-3-2-4-6-11/h2-6,8,12H,7,9H2,1H3. The van der Waals surface area contributed by atoms with Gasteiger partial charge in [0, 0.05) is 19.1 Å².